The van der Waals surface area contributed by atoms with Gasteiger partial charge >= 0.3 is 0 Å². The summed E-state index contributed by atoms with van der Waals surface area (Å²) in [6, 6.07) is 26.9. The Morgan fingerprint density at radius 1 is 0.645 bits per heavy atom. The van der Waals surface area contributed by atoms with Gasteiger partial charge in [0.2, 0.25) is 0 Å². The number of aromatic nitrogens is 2. The second-order valence-electron chi connectivity index (χ2n) is 7.58. The summed E-state index contributed by atoms with van der Waals surface area (Å²) in [7, 11) is 0. The third kappa shape index (κ3) is 2.67. The number of hydrogen-bond donors (Lipinski definition) is 1. The van der Waals surface area contributed by atoms with Gasteiger partial charge in [-0.25, -0.2) is 0 Å². The van der Waals surface area contributed by atoms with E-state index in [0.29, 0.717) is 22.0 Å². The zero-order chi connectivity index (χ0) is 21.1. The summed E-state index contributed by atoms with van der Waals surface area (Å²) < 4.78 is 2.61. The SMILES string of the molecule is O=c1[nH]c2cc(-n3c(=O)c4ccccc4c4ccc(Br)cc43)ccc2c2ccccc12. The van der Waals surface area contributed by atoms with Gasteiger partial charge in [-0.05, 0) is 47.2 Å². The van der Waals surface area contributed by atoms with Gasteiger partial charge in [0.25, 0.3) is 11.1 Å². The van der Waals surface area contributed by atoms with E-state index in [4.69, 9.17) is 0 Å². The van der Waals surface area contributed by atoms with Crippen molar-refractivity contribution in [2.75, 3.05) is 0 Å². The predicted octanol–water partition coefficient (Wildman–Crippen LogP) is 5.90. The van der Waals surface area contributed by atoms with Crippen LogP contribution in [-0.4, -0.2) is 9.55 Å². The number of benzene rings is 4. The highest BCUT2D eigenvalue weighted by atomic mass is 79.9. The quantitative estimate of drug-likeness (QED) is 0.306. The van der Waals surface area contributed by atoms with E-state index in [2.05, 4.69) is 20.9 Å². The van der Waals surface area contributed by atoms with Crippen molar-refractivity contribution >= 4 is 59.3 Å². The Morgan fingerprint density at radius 3 is 2.06 bits per heavy atom. The number of nitrogens with one attached hydrogen (secondary N) is 1. The molecule has 5 heteroatoms. The molecule has 0 bridgehead atoms. The summed E-state index contributed by atoms with van der Waals surface area (Å²) in [5.41, 5.74) is 1.98. The highest BCUT2D eigenvalue weighted by molar-refractivity contribution is 9.10. The molecule has 0 unspecified atom stereocenters. The van der Waals surface area contributed by atoms with E-state index in [1.54, 1.807) is 4.57 Å². The second-order valence-corrected chi connectivity index (χ2v) is 8.49. The Labute approximate surface area is 184 Å². The van der Waals surface area contributed by atoms with Gasteiger partial charge < -0.3 is 4.98 Å². The van der Waals surface area contributed by atoms with Crippen molar-refractivity contribution in [3.05, 3.63) is 110 Å². The maximum Gasteiger partial charge on any atom is 0.263 e. The first-order chi connectivity index (χ1) is 15.1. The highest BCUT2D eigenvalue weighted by Gasteiger charge is 2.14. The molecule has 6 aromatic rings. The van der Waals surface area contributed by atoms with Crippen molar-refractivity contribution < 1.29 is 0 Å². The minimum Gasteiger partial charge on any atom is -0.321 e. The molecule has 0 aliphatic heterocycles. The topological polar surface area (TPSA) is 54.9 Å². The third-order valence-electron chi connectivity index (χ3n) is 5.82. The van der Waals surface area contributed by atoms with E-state index in [1.165, 1.54) is 0 Å². The molecule has 0 aliphatic rings. The molecule has 0 amide bonds. The lowest BCUT2D eigenvalue weighted by atomic mass is 10.0. The Morgan fingerprint density at radius 2 is 1.29 bits per heavy atom. The van der Waals surface area contributed by atoms with Gasteiger partial charge in [0.05, 0.1) is 16.7 Å². The van der Waals surface area contributed by atoms with E-state index >= 15 is 0 Å². The third-order valence-corrected chi connectivity index (χ3v) is 6.32. The van der Waals surface area contributed by atoms with E-state index in [0.717, 1.165) is 31.5 Å². The smallest absolute Gasteiger partial charge is 0.263 e. The van der Waals surface area contributed by atoms with E-state index in [1.807, 2.05) is 84.9 Å². The van der Waals surface area contributed by atoms with Gasteiger partial charge in [-0.15, -0.1) is 0 Å². The molecule has 0 saturated carbocycles. The first-order valence-corrected chi connectivity index (χ1v) is 10.7. The van der Waals surface area contributed by atoms with Crippen LogP contribution in [0.15, 0.2) is 99.0 Å². The first kappa shape index (κ1) is 18.1. The number of aromatic amines is 1. The van der Waals surface area contributed by atoms with Crippen LogP contribution in [0.25, 0.3) is 49.0 Å². The van der Waals surface area contributed by atoms with Crippen LogP contribution in [0.5, 0.6) is 0 Å². The number of pyridine rings is 2. The lowest BCUT2D eigenvalue weighted by molar-refractivity contribution is 1.06. The highest BCUT2D eigenvalue weighted by Crippen LogP contribution is 2.29. The van der Waals surface area contributed by atoms with Crippen LogP contribution in [0.4, 0.5) is 0 Å². The van der Waals surface area contributed by atoms with Crippen LogP contribution in [0.3, 0.4) is 0 Å². The molecule has 6 rings (SSSR count). The van der Waals surface area contributed by atoms with Crippen molar-refractivity contribution in [2.24, 2.45) is 0 Å². The van der Waals surface area contributed by atoms with Gasteiger partial charge in [-0.1, -0.05) is 64.5 Å². The average molecular weight is 467 g/mol. The van der Waals surface area contributed by atoms with Gasteiger partial charge in [0.15, 0.2) is 0 Å². The Bertz CT molecular complexity index is 1800. The Hall–Kier alpha value is -3.70. The van der Waals surface area contributed by atoms with Crippen LogP contribution in [0.1, 0.15) is 0 Å². The van der Waals surface area contributed by atoms with E-state index < -0.39 is 0 Å². The van der Waals surface area contributed by atoms with Crippen LogP contribution < -0.4 is 11.1 Å². The number of hydrogen-bond acceptors (Lipinski definition) is 2. The fourth-order valence-electron chi connectivity index (χ4n) is 4.42. The zero-order valence-electron chi connectivity index (χ0n) is 16.2. The van der Waals surface area contributed by atoms with Crippen LogP contribution in [-0.2, 0) is 0 Å². The van der Waals surface area contributed by atoms with Gasteiger partial charge in [-0.2, -0.15) is 0 Å². The van der Waals surface area contributed by atoms with Gasteiger partial charge in [-0.3, -0.25) is 14.2 Å². The molecule has 4 aromatic carbocycles. The van der Waals surface area contributed by atoms with Crippen LogP contribution in [0, 0.1) is 0 Å². The molecule has 2 aromatic heterocycles. The van der Waals surface area contributed by atoms with Crippen LogP contribution >= 0.6 is 15.9 Å². The molecule has 1 N–H and O–H groups in total. The summed E-state index contributed by atoms with van der Waals surface area (Å²) >= 11 is 3.54. The molecule has 0 saturated heterocycles. The lowest BCUT2D eigenvalue weighted by Crippen LogP contribution is -2.19. The normalized spacial score (nSPS) is 11.6. The summed E-state index contributed by atoms with van der Waals surface area (Å²) in [5.74, 6) is 0. The lowest BCUT2D eigenvalue weighted by Gasteiger charge is -2.14. The number of halogens is 1. The van der Waals surface area contributed by atoms with Gasteiger partial charge in [0, 0.05) is 26.0 Å². The Kier molecular flexibility index (Phi) is 3.88. The van der Waals surface area contributed by atoms with E-state index in [-0.39, 0.29) is 11.1 Å². The maximum atomic E-state index is 13.5. The molecule has 0 aliphatic carbocycles. The van der Waals surface area contributed by atoms with E-state index in [9.17, 15) is 9.59 Å². The summed E-state index contributed by atoms with van der Waals surface area (Å²) in [5, 5.41) is 5.06. The fraction of sp³-hybridized carbons (Fsp3) is 0. The molecular weight excluding hydrogens is 452 g/mol. The number of rotatable bonds is 1. The summed E-state index contributed by atoms with van der Waals surface area (Å²) in [6.07, 6.45) is 0. The largest absolute Gasteiger partial charge is 0.321 e. The Balaban J connectivity index is 1.76. The predicted molar refractivity (Wildman–Crippen MR) is 130 cm³/mol. The molecule has 148 valence electrons. The summed E-state index contributed by atoms with van der Waals surface area (Å²) in [6.45, 7) is 0. The van der Waals surface area contributed by atoms with Crippen molar-refractivity contribution in [1.29, 1.82) is 0 Å². The van der Waals surface area contributed by atoms with Gasteiger partial charge in [0.1, 0.15) is 0 Å². The second kappa shape index (κ2) is 6.65. The number of fused-ring (bicyclic) bond motifs is 6. The average Bonchev–Trinajstić information content (AvgIpc) is 2.79. The fourth-order valence-corrected chi connectivity index (χ4v) is 4.77. The first-order valence-electron chi connectivity index (χ1n) is 9.90. The molecule has 2 heterocycles. The zero-order valence-corrected chi connectivity index (χ0v) is 17.8. The van der Waals surface area contributed by atoms with Crippen molar-refractivity contribution in [1.82, 2.24) is 9.55 Å². The molecule has 0 atom stereocenters. The van der Waals surface area contributed by atoms with Crippen LogP contribution in [0.2, 0.25) is 0 Å². The minimum absolute atomic E-state index is 0.0938. The number of nitrogens with zero attached hydrogens (tertiary/aromatic N) is 1. The van der Waals surface area contributed by atoms with Crippen molar-refractivity contribution in [2.45, 2.75) is 0 Å². The van der Waals surface area contributed by atoms with Crippen molar-refractivity contribution in [3.8, 4) is 5.69 Å². The number of H-pyrrole nitrogens is 1. The maximum absolute atomic E-state index is 13.5. The molecule has 0 fully saturated rings. The molecule has 0 spiro atoms. The molecule has 4 nitrogen and oxygen atoms in total. The standard InChI is InChI=1S/C26H15BrN2O2/c27-15-9-11-20-18-6-2-4-8-22(18)26(31)29(24(20)13-15)16-10-12-19-17-5-1-3-7-21(17)25(30)28-23(19)14-16/h1-14H,(H,28,30). The van der Waals surface area contributed by atoms with Crippen molar-refractivity contribution in [3.63, 3.8) is 0 Å². The molecule has 31 heavy (non-hydrogen) atoms. The summed E-state index contributed by atoms with van der Waals surface area (Å²) in [4.78, 5) is 29.1. The minimum atomic E-state index is -0.140. The molecular formula is C26H15BrN2O2. The molecule has 0 radical (unpaired) electrons. The monoisotopic (exact) mass is 466 g/mol.